The quantitative estimate of drug-likeness (QED) is 0.897. The summed E-state index contributed by atoms with van der Waals surface area (Å²) in [5.41, 5.74) is 0.180. The predicted octanol–water partition coefficient (Wildman–Crippen LogP) is 2.66. The monoisotopic (exact) mass is 340 g/mol. The van der Waals surface area contributed by atoms with E-state index in [2.05, 4.69) is 28.2 Å². The van der Waals surface area contributed by atoms with Crippen molar-refractivity contribution in [2.45, 2.75) is 19.4 Å². The van der Waals surface area contributed by atoms with E-state index in [0.717, 1.165) is 26.1 Å². The molecule has 1 aromatic carbocycles. The SMILES string of the molecule is CCC1C2CNCC2CN1C(=O)c1ccc(Br)cc1F. The van der Waals surface area contributed by atoms with Gasteiger partial charge in [0.25, 0.3) is 5.91 Å². The smallest absolute Gasteiger partial charge is 0.257 e. The number of likely N-dealkylation sites (tertiary alicyclic amines) is 1. The van der Waals surface area contributed by atoms with E-state index in [1.807, 2.05) is 4.90 Å². The topological polar surface area (TPSA) is 32.3 Å². The van der Waals surface area contributed by atoms with Crippen molar-refractivity contribution in [2.75, 3.05) is 19.6 Å². The van der Waals surface area contributed by atoms with Crippen molar-refractivity contribution in [2.24, 2.45) is 11.8 Å². The highest BCUT2D eigenvalue weighted by molar-refractivity contribution is 9.10. The van der Waals surface area contributed by atoms with E-state index in [-0.39, 0.29) is 17.5 Å². The van der Waals surface area contributed by atoms with E-state index in [9.17, 15) is 9.18 Å². The van der Waals surface area contributed by atoms with Gasteiger partial charge in [-0.15, -0.1) is 0 Å². The van der Waals surface area contributed by atoms with Crippen LogP contribution in [0.15, 0.2) is 22.7 Å². The van der Waals surface area contributed by atoms with Crippen LogP contribution in [0.4, 0.5) is 4.39 Å². The lowest BCUT2D eigenvalue weighted by Gasteiger charge is -2.27. The van der Waals surface area contributed by atoms with Gasteiger partial charge in [0.1, 0.15) is 5.82 Å². The molecule has 0 aliphatic carbocycles. The fraction of sp³-hybridized carbons (Fsp3) is 0.533. The normalized spacial score (nSPS) is 28.8. The average Bonchev–Trinajstić information content (AvgIpc) is 2.97. The zero-order chi connectivity index (χ0) is 14.3. The van der Waals surface area contributed by atoms with Crippen molar-refractivity contribution >= 4 is 21.8 Å². The van der Waals surface area contributed by atoms with Crippen molar-refractivity contribution < 1.29 is 9.18 Å². The van der Waals surface area contributed by atoms with Crippen molar-refractivity contribution in [3.05, 3.63) is 34.1 Å². The van der Waals surface area contributed by atoms with Crippen molar-refractivity contribution in [3.8, 4) is 0 Å². The summed E-state index contributed by atoms with van der Waals surface area (Å²) < 4.78 is 14.6. The third kappa shape index (κ3) is 2.27. The first kappa shape index (κ1) is 14.0. The molecule has 0 saturated carbocycles. The fourth-order valence-corrected chi connectivity index (χ4v) is 3.93. The number of nitrogens with zero attached hydrogens (tertiary/aromatic N) is 1. The molecule has 2 fully saturated rings. The summed E-state index contributed by atoms with van der Waals surface area (Å²) in [6.45, 7) is 4.78. The molecule has 108 valence electrons. The number of carbonyl (C=O) groups is 1. The molecule has 0 radical (unpaired) electrons. The van der Waals surface area contributed by atoms with Gasteiger partial charge in [-0.25, -0.2) is 4.39 Å². The van der Waals surface area contributed by atoms with Gasteiger partial charge in [0.05, 0.1) is 5.56 Å². The highest BCUT2D eigenvalue weighted by Gasteiger charge is 2.45. The van der Waals surface area contributed by atoms with E-state index >= 15 is 0 Å². The van der Waals surface area contributed by atoms with E-state index in [1.165, 1.54) is 6.07 Å². The number of amides is 1. The molecule has 20 heavy (non-hydrogen) atoms. The minimum atomic E-state index is -0.450. The maximum atomic E-state index is 14.0. The van der Waals surface area contributed by atoms with E-state index in [1.54, 1.807) is 12.1 Å². The molecular formula is C15H18BrFN2O. The Morgan fingerprint density at radius 2 is 2.30 bits per heavy atom. The van der Waals surface area contributed by atoms with Crippen molar-refractivity contribution in [3.63, 3.8) is 0 Å². The highest BCUT2D eigenvalue weighted by atomic mass is 79.9. The summed E-state index contributed by atoms with van der Waals surface area (Å²) >= 11 is 3.22. The number of hydrogen-bond acceptors (Lipinski definition) is 2. The molecule has 3 rings (SSSR count). The molecule has 0 bridgehead atoms. The molecule has 1 aromatic rings. The maximum absolute atomic E-state index is 14.0. The number of halogens is 2. The van der Waals surface area contributed by atoms with Gasteiger partial charge in [0, 0.05) is 30.1 Å². The molecule has 3 nitrogen and oxygen atoms in total. The Morgan fingerprint density at radius 1 is 1.50 bits per heavy atom. The molecule has 2 aliphatic rings. The molecular weight excluding hydrogens is 323 g/mol. The Bertz CT molecular complexity index is 537. The van der Waals surface area contributed by atoms with Gasteiger partial charge in [-0.1, -0.05) is 22.9 Å². The van der Waals surface area contributed by atoms with Crippen LogP contribution in [0.25, 0.3) is 0 Å². The van der Waals surface area contributed by atoms with Gasteiger partial charge in [0.15, 0.2) is 0 Å². The van der Waals surface area contributed by atoms with E-state index in [0.29, 0.717) is 16.3 Å². The van der Waals surface area contributed by atoms with Crippen LogP contribution in [-0.2, 0) is 0 Å². The van der Waals surface area contributed by atoms with Crippen LogP contribution in [0.2, 0.25) is 0 Å². The lowest BCUT2D eigenvalue weighted by Crippen LogP contribution is -2.39. The zero-order valence-corrected chi connectivity index (χ0v) is 13.0. The van der Waals surface area contributed by atoms with E-state index in [4.69, 9.17) is 0 Å². The fourth-order valence-electron chi connectivity index (χ4n) is 3.60. The second kappa shape index (κ2) is 5.45. The first-order chi connectivity index (χ1) is 9.61. The second-order valence-corrected chi connectivity index (χ2v) is 6.56. The molecule has 2 aliphatic heterocycles. The number of benzene rings is 1. The van der Waals surface area contributed by atoms with Gasteiger partial charge in [-0.05, 0) is 36.5 Å². The minimum absolute atomic E-state index is 0.170. The van der Waals surface area contributed by atoms with Crippen LogP contribution in [-0.4, -0.2) is 36.5 Å². The molecule has 0 aromatic heterocycles. The third-order valence-corrected chi connectivity index (χ3v) is 5.05. The van der Waals surface area contributed by atoms with Crippen LogP contribution < -0.4 is 5.32 Å². The van der Waals surface area contributed by atoms with Crippen LogP contribution >= 0.6 is 15.9 Å². The van der Waals surface area contributed by atoms with Crippen LogP contribution in [0, 0.1) is 17.7 Å². The Hall–Kier alpha value is -0.940. The summed E-state index contributed by atoms with van der Waals surface area (Å²) in [6.07, 6.45) is 0.923. The number of nitrogens with one attached hydrogen (secondary N) is 1. The minimum Gasteiger partial charge on any atom is -0.335 e. The molecule has 3 atom stereocenters. The summed E-state index contributed by atoms with van der Waals surface area (Å²) in [4.78, 5) is 14.5. The van der Waals surface area contributed by atoms with Crippen molar-refractivity contribution in [1.29, 1.82) is 0 Å². The Balaban J connectivity index is 1.86. The molecule has 2 saturated heterocycles. The Labute approximate surface area is 126 Å². The van der Waals surface area contributed by atoms with Crippen molar-refractivity contribution in [1.82, 2.24) is 10.2 Å². The predicted molar refractivity (Wildman–Crippen MR) is 79.1 cm³/mol. The second-order valence-electron chi connectivity index (χ2n) is 5.64. The van der Waals surface area contributed by atoms with Crippen LogP contribution in [0.1, 0.15) is 23.7 Å². The number of carbonyl (C=O) groups excluding carboxylic acids is 1. The van der Waals surface area contributed by atoms with Gasteiger partial charge in [-0.2, -0.15) is 0 Å². The number of fused-ring (bicyclic) bond motifs is 1. The van der Waals surface area contributed by atoms with Gasteiger partial charge >= 0.3 is 0 Å². The Kier molecular flexibility index (Phi) is 3.82. The lowest BCUT2D eigenvalue weighted by atomic mass is 9.93. The maximum Gasteiger partial charge on any atom is 0.257 e. The third-order valence-electron chi connectivity index (χ3n) is 4.56. The number of rotatable bonds is 2. The summed E-state index contributed by atoms with van der Waals surface area (Å²) in [7, 11) is 0. The Morgan fingerprint density at radius 3 is 3.00 bits per heavy atom. The highest BCUT2D eigenvalue weighted by Crippen LogP contribution is 2.35. The molecule has 2 heterocycles. The largest absolute Gasteiger partial charge is 0.335 e. The lowest BCUT2D eigenvalue weighted by molar-refractivity contribution is 0.0707. The van der Waals surface area contributed by atoms with Crippen LogP contribution in [0.5, 0.6) is 0 Å². The average molecular weight is 341 g/mol. The summed E-state index contributed by atoms with van der Waals surface area (Å²) in [6, 6.07) is 4.87. The van der Waals surface area contributed by atoms with Gasteiger partial charge in [0.2, 0.25) is 0 Å². The molecule has 5 heteroatoms. The summed E-state index contributed by atoms with van der Waals surface area (Å²) in [5, 5.41) is 3.39. The van der Waals surface area contributed by atoms with Crippen LogP contribution in [0.3, 0.4) is 0 Å². The summed E-state index contributed by atoms with van der Waals surface area (Å²) in [5.74, 6) is 0.413. The first-order valence-electron chi connectivity index (χ1n) is 7.08. The van der Waals surface area contributed by atoms with Gasteiger partial charge in [-0.3, -0.25) is 4.79 Å². The zero-order valence-electron chi connectivity index (χ0n) is 11.4. The standard InChI is InChI=1S/C15H18BrFN2O/c1-2-14-12-7-18-6-9(12)8-19(14)15(20)11-4-3-10(16)5-13(11)17/h3-5,9,12,14,18H,2,6-8H2,1H3. The van der Waals surface area contributed by atoms with E-state index < -0.39 is 5.82 Å². The molecule has 0 spiro atoms. The molecule has 1 N–H and O–H groups in total. The first-order valence-corrected chi connectivity index (χ1v) is 7.88. The molecule has 3 unspecified atom stereocenters. The molecule has 1 amide bonds. The van der Waals surface area contributed by atoms with Gasteiger partial charge < -0.3 is 10.2 Å². The number of hydrogen-bond donors (Lipinski definition) is 1.